The van der Waals surface area contributed by atoms with Crippen LogP contribution in [0.3, 0.4) is 0 Å². The molecule has 21 heavy (non-hydrogen) atoms. The van der Waals surface area contributed by atoms with Crippen LogP contribution < -0.4 is 16.0 Å². The average molecular weight is 282 g/mol. The van der Waals surface area contributed by atoms with Gasteiger partial charge in [0, 0.05) is 5.56 Å². The minimum Gasteiger partial charge on any atom is -0.494 e. The summed E-state index contributed by atoms with van der Waals surface area (Å²) in [6, 6.07) is 16.9. The summed E-state index contributed by atoms with van der Waals surface area (Å²) in [5.74, 6) is 7.32. The second kappa shape index (κ2) is 6.29. The first-order valence-corrected chi connectivity index (χ1v) is 7.59. The van der Waals surface area contributed by atoms with Gasteiger partial charge in [0.05, 0.1) is 12.6 Å². The number of nitrogens with two attached hydrogens (primary N) is 1. The zero-order valence-corrected chi connectivity index (χ0v) is 12.4. The highest BCUT2D eigenvalue weighted by atomic mass is 16.5. The summed E-state index contributed by atoms with van der Waals surface area (Å²) in [6.07, 6.45) is 2.14. The summed E-state index contributed by atoms with van der Waals surface area (Å²) in [5, 5.41) is 0. The lowest BCUT2D eigenvalue weighted by Crippen LogP contribution is -2.32. The molecule has 2 aromatic carbocycles. The minimum atomic E-state index is 0.117. The van der Waals surface area contributed by atoms with Gasteiger partial charge in [0.1, 0.15) is 5.75 Å². The lowest BCUT2D eigenvalue weighted by Gasteiger charge is -2.33. The SMILES string of the molecule is CCOc1ccccc1C(CC1Cc2ccccc21)NN. The first-order chi connectivity index (χ1) is 10.3. The Bertz CT molecular complexity index is 612. The number of rotatable bonds is 6. The Morgan fingerprint density at radius 3 is 2.71 bits per heavy atom. The van der Waals surface area contributed by atoms with Crippen molar-refractivity contribution in [1.82, 2.24) is 5.43 Å². The van der Waals surface area contributed by atoms with Gasteiger partial charge in [0.25, 0.3) is 0 Å². The number of hydrogen-bond donors (Lipinski definition) is 2. The molecular weight excluding hydrogens is 260 g/mol. The van der Waals surface area contributed by atoms with Crippen molar-refractivity contribution in [3.8, 4) is 5.75 Å². The van der Waals surface area contributed by atoms with Crippen molar-refractivity contribution in [2.24, 2.45) is 5.84 Å². The third kappa shape index (κ3) is 2.80. The first-order valence-electron chi connectivity index (χ1n) is 7.59. The topological polar surface area (TPSA) is 47.3 Å². The van der Waals surface area contributed by atoms with E-state index in [2.05, 4.69) is 35.8 Å². The smallest absolute Gasteiger partial charge is 0.124 e. The van der Waals surface area contributed by atoms with Crippen LogP contribution in [-0.4, -0.2) is 6.61 Å². The fourth-order valence-electron chi connectivity index (χ4n) is 3.20. The maximum Gasteiger partial charge on any atom is 0.124 e. The molecule has 0 bridgehead atoms. The highest BCUT2D eigenvalue weighted by molar-refractivity contribution is 5.41. The van der Waals surface area contributed by atoms with E-state index in [-0.39, 0.29) is 6.04 Å². The van der Waals surface area contributed by atoms with Gasteiger partial charge in [-0.25, -0.2) is 0 Å². The van der Waals surface area contributed by atoms with Gasteiger partial charge in [-0.05, 0) is 42.9 Å². The standard InChI is InChI=1S/C18H22N2O/c1-2-21-18-10-6-5-9-16(18)17(20-19)12-14-11-13-7-3-4-8-15(13)14/h3-10,14,17,20H,2,11-12,19H2,1H3. The van der Waals surface area contributed by atoms with Crippen molar-refractivity contribution in [3.63, 3.8) is 0 Å². The Morgan fingerprint density at radius 1 is 1.19 bits per heavy atom. The van der Waals surface area contributed by atoms with Crippen LogP contribution in [0, 0.1) is 0 Å². The molecule has 1 aliphatic rings. The zero-order chi connectivity index (χ0) is 14.7. The minimum absolute atomic E-state index is 0.117. The van der Waals surface area contributed by atoms with Gasteiger partial charge >= 0.3 is 0 Å². The van der Waals surface area contributed by atoms with Gasteiger partial charge in [0.2, 0.25) is 0 Å². The normalized spacial score (nSPS) is 17.7. The molecule has 0 fully saturated rings. The molecule has 0 heterocycles. The second-order valence-electron chi connectivity index (χ2n) is 5.53. The van der Waals surface area contributed by atoms with E-state index in [4.69, 9.17) is 10.6 Å². The Labute approximate surface area is 126 Å². The number of hydrogen-bond acceptors (Lipinski definition) is 3. The molecule has 3 heteroatoms. The number of benzene rings is 2. The van der Waals surface area contributed by atoms with E-state index >= 15 is 0 Å². The van der Waals surface area contributed by atoms with Gasteiger partial charge in [-0.3, -0.25) is 11.3 Å². The highest BCUT2D eigenvalue weighted by Gasteiger charge is 2.29. The summed E-state index contributed by atoms with van der Waals surface area (Å²) in [7, 11) is 0. The van der Waals surface area contributed by atoms with E-state index in [9.17, 15) is 0 Å². The largest absolute Gasteiger partial charge is 0.494 e. The molecule has 3 nitrogen and oxygen atoms in total. The number of fused-ring (bicyclic) bond motifs is 1. The number of nitrogens with one attached hydrogen (secondary N) is 1. The molecule has 0 saturated heterocycles. The third-order valence-electron chi connectivity index (χ3n) is 4.28. The Morgan fingerprint density at radius 2 is 1.95 bits per heavy atom. The highest BCUT2D eigenvalue weighted by Crippen LogP contribution is 2.41. The van der Waals surface area contributed by atoms with E-state index in [0.29, 0.717) is 12.5 Å². The van der Waals surface area contributed by atoms with E-state index in [0.717, 1.165) is 24.2 Å². The van der Waals surface area contributed by atoms with Crippen molar-refractivity contribution >= 4 is 0 Å². The lowest BCUT2D eigenvalue weighted by atomic mass is 9.74. The summed E-state index contributed by atoms with van der Waals surface area (Å²) in [5.41, 5.74) is 7.05. The van der Waals surface area contributed by atoms with Crippen LogP contribution in [0.25, 0.3) is 0 Å². The molecule has 0 spiro atoms. The Kier molecular flexibility index (Phi) is 4.23. The van der Waals surface area contributed by atoms with E-state index < -0.39 is 0 Å². The van der Waals surface area contributed by atoms with Crippen molar-refractivity contribution in [3.05, 3.63) is 65.2 Å². The molecule has 1 aliphatic carbocycles. The van der Waals surface area contributed by atoms with Crippen molar-refractivity contribution in [2.75, 3.05) is 6.61 Å². The maximum atomic E-state index is 5.81. The van der Waals surface area contributed by atoms with E-state index in [1.807, 2.05) is 25.1 Å². The average Bonchev–Trinajstić information content (AvgIpc) is 2.50. The van der Waals surface area contributed by atoms with Crippen LogP contribution in [0.1, 0.15) is 42.0 Å². The second-order valence-corrected chi connectivity index (χ2v) is 5.53. The summed E-state index contributed by atoms with van der Waals surface area (Å²) >= 11 is 0. The predicted octanol–water partition coefficient (Wildman–Crippen LogP) is 3.32. The lowest BCUT2D eigenvalue weighted by molar-refractivity contribution is 0.327. The summed E-state index contributed by atoms with van der Waals surface area (Å²) in [6.45, 7) is 2.67. The van der Waals surface area contributed by atoms with Gasteiger partial charge in [-0.1, -0.05) is 42.5 Å². The van der Waals surface area contributed by atoms with Crippen LogP contribution in [0.15, 0.2) is 48.5 Å². The molecule has 110 valence electrons. The Hall–Kier alpha value is -1.84. The maximum absolute atomic E-state index is 5.81. The molecular formula is C18H22N2O. The molecule has 0 radical (unpaired) electrons. The number of para-hydroxylation sites is 1. The van der Waals surface area contributed by atoms with E-state index in [1.165, 1.54) is 11.1 Å². The van der Waals surface area contributed by atoms with Crippen LogP contribution in [0.2, 0.25) is 0 Å². The van der Waals surface area contributed by atoms with E-state index in [1.54, 1.807) is 0 Å². The molecule has 0 amide bonds. The van der Waals surface area contributed by atoms with Crippen molar-refractivity contribution < 1.29 is 4.74 Å². The molecule has 0 aromatic heterocycles. The van der Waals surface area contributed by atoms with Crippen LogP contribution in [-0.2, 0) is 6.42 Å². The van der Waals surface area contributed by atoms with Gasteiger partial charge in [-0.15, -0.1) is 0 Å². The molecule has 0 saturated carbocycles. The first kappa shape index (κ1) is 14.1. The monoisotopic (exact) mass is 282 g/mol. The Balaban J connectivity index is 1.78. The number of ether oxygens (including phenoxy) is 1. The molecule has 2 atom stereocenters. The molecule has 3 N–H and O–H groups in total. The van der Waals surface area contributed by atoms with Crippen molar-refractivity contribution in [2.45, 2.75) is 31.7 Å². The fraction of sp³-hybridized carbons (Fsp3) is 0.333. The van der Waals surface area contributed by atoms with Gasteiger partial charge in [-0.2, -0.15) is 0 Å². The van der Waals surface area contributed by atoms with Gasteiger partial charge < -0.3 is 4.74 Å². The third-order valence-corrected chi connectivity index (χ3v) is 4.28. The number of hydrazine groups is 1. The molecule has 2 unspecified atom stereocenters. The quantitative estimate of drug-likeness (QED) is 0.631. The fourth-order valence-corrected chi connectivity index (χ4v) is 3.20. The predicted molar refractivity (Wildman–Crippen MR) is 85.2 cm³/mol. The van der Waals surface area contributed by atoms with Gasteiger partial charge in [0.15, 0.2) is 0 Å². The van der Waals surface area contributed by atoms with Crippen LogP contribution in [0.5, 0.6) is 5.75 Å². The molecule has 2 aromatic rings. The summed E-state index contributed by atoms with van der Waals surface area (Å²) in [4.78, 5) is 0. The van der Waals surface area contributed by atoms with Crippen molar-refractivity contribution in [1.29, 1.82) is 0 Å². The summed E-state index contributed by atoms with van der Waals surface area (Å²) < 4.78 is 5.73. The molecule has 0 aliphatic heterocycles. The van der Waals surface area contributed by atoms with Crippen LogP contribution >= 0.6 is 0 Å². The zero-order valence-electron chi connectivity index (χ0n) is 12.4. The van der Waals surface area contributed by atoms with Crippen LogP contribution in [0.4, 0.5) is 0 Å². The molecule has 3 rings (SSSR count).